The fourth-order valence-corrected chi connectivity index (χ4v) is 4.79. The monoisotopic (exact) mass is 591 g/mol. The highest BCUT2D eigenvalue weighted by Crippen LogP contribution is 2.22. The van der Waals surface area contributed by atoms with Gasteiger partial charge in [-0.15, -0.1) is 0 Å². The number of rotatable bonds is 14. The van der Waals surface area contributed by atoms with Crippen LogP contribution >= 0.6 is 0 Å². The van der Waals surface area contributed by atoms with Crippen LogP contribution in [0.2, 0.25) is 0 Å². The molecule has 2 heterocycles. The first kappa shape index (κ1) is 31.7. The molecule has 230 valence electrons. The predicted molar refractivity (Wildman–Crippen MR) is 163 cm³/mol. The number of hydrogen-bond donors (Lipinski definition) is 4. The summed E-state index contributed by atoms with van der Waals surface area (Å²) in [7, 11) is 0. The number of hydrogen-bond acceptors (Lipinski definition) is 7. The molecule has 4 rings (SSSR count). The number of aromatic amines is 1. The zero-order valence-corrected chi connectivity index (χ0v) is 25.0. The number of aryl methyl sites for hydroxylation is 2. The molecule has 3 amide bonds. The minimum atomic E-state index is -1.04. The van der Waals surface area contributed by atoms with Gasteiger partial charge in [-0.25, -0.2) is 9.78 Å². The van der Waals surface area contributed by atoms with Crippen molar-refractivity contribution in [3.8, 4) is 0 Å². The number of carboxylic acids is 1. The molecule has 0 bridgehead atoms. The third-order valence-corrected chi connectivity index (χ3v) is 7.17. The Labute approximate surface area is 251 Å². The molecule has 0 radical (unpaired) electrons. The number of H-pyrrole nitrogens is 1. The van der Waals surface area contributed by atoms with Gasteiger partial charge in [0.05, 0.1) is 12.5 Å². The van der Waals surface area contributed by atoms with Crippen molar-refractivity contribution in [3.05, 3.63) is 59.9 Å². The number of anilines is 1. The second-order valence-electron chi connectivity index (χ2n) is 12.0. The molecule has 0 spiro atoms. The summed E-state index contributed by atoms with van der Waals surface area (Å²) in [4.78, 5) is 59.5. The summed E-state index contributed by atoms with van der Waals surface area (Å²) in [5, 5.41) is 16.8. The molecule has 11 nitrogen and oxygen atoms in total. The highest BCUT2D eigenvalue weighted by atomic mass is 16.6. The molecule has 1 aliphatic rings. The molecule has 1 saturated carbocycles. The van der Waals surface area contributed by atoms with Crippen molar-refractivity contribution in [2.24, 2.45) is 5.92 Å². The summed E-state index contributed by atoms with van der Waals surface area (Å²) in [6, 6.07) is 13.3. The van der Waals surface area contributed by atoms with Crippen molar-refractivity contribution < 1.29 is 29.0 Å². The van der Waals surface area contributed by atoms with Gasteiger partial charge >= 0.3 is 12.1 Å². The number of pyridine rings is 1. The van der Waals surface area contributed by atoms with E-state index in [0.29, 0.717) is 30.8 Å². The van der Waals surface area contributed by atoms with Gasteiger partial charge in [0.15, 0.2) is 0 Å². The Morgan fingerprint density at radius 2 is 1.84 bits per heavy atom. The van der Waals surface area contributed by atoms with E-state index >= 15 is 0 Å². The molecule has 0 aliphatic heterocycles. The Morgan fingerprint density at radius 1 is 1.07 bits per heavy atom. The summed E-state index contributed by atoms with van der Waals surface area (Å²) in [5.74, 6) is -2.44. The minimum absolute atomic E-state index is 0.00880. The van der Waals surface area contributed by atoms with E-state index in [1.54, 1.807) is 39.0 Å². The average Bonchev–Trinajstić information content (AvgIpc) is 3.68. The molecule has 0 unspecified atom stereocenters. The lowest BCUT2D eigenvalue weighted by atomic mass is 9.98. The molecule has 11 heteroatoms. The average molecular weight is 592 g/mol. The number of aliphatic carboxylic acids is 1. The number of ether oxygens (including phenoxy) is 1. The summed E-state index contributed by atoms with van der Waals surface area (Å²) >= 11 is 0. The van der Waals surface area contributed by atoms with Crippen molar-refractivity contribution in [2.75, 3.05) is 18.4 Å². The summed E-state index contributed by atoms with van der Waals surface area (Å²) in [5.41, 5.74) is 1.99. The number of carbonyl (C=O) groups excluding carboxylic acids is 3. The number of nitrogens with zero attached hydrogens (tertiary/aromatic N) is 2. The number of fused-ring (bicyclic) bond motifs is 1. The van der Waals surface area contributed by atoms with Crippen LogP contribution in [0.25, 0.3) is 10.9 Å². The SMILES string of the molecule is CC(C)(C)OC(=O)Nc1cccc(CCCC(=O)N(C[C@@H](CCc2c[nH]c3ccccc23)C(=O)O)C(=O)CNC2CC2)n1. The van der Waals surface area contributed by atoms with Crippen LogP contribution in [-0.4, -0.2) is 68.6 Å². The third kappa shape index (κ3) is 9.92. The maximum atomic E-state index is 13.3. The Bertz CT molecular complexity index is 1440. The minimum Gasteiger partial charge on any atom is -0.481 e. The van der Waals surface area contributed by atoms with Crippen LogP contribution in [0.4, 0.5) is 10.6 Å². The molecule has 0 saturated heterocycles. The van der Waals surface area contributed by atoms with Crippen LogP contribution in [0.1, 0.15) is 64.1 Å². The van der Waals surface area contributed by atoms with E-state index in [1.807, 2.05) is 30.5 Å². The Hall–Kier alpha value is -4.25. The van der Waals surface area contributed by atoms with E-state index in [1.165, 1.54) is 0 Å². The zero-order chi connectivity index (χ0) is 31.0. The summed E-state index contributed by atoms with van der Waals surface area (Å²) < 4.78 is 5.27. The van der Waals surface area contributed by atoms with Crippen molar-refractivity contribution in [2.45, 2.75) is 77.4 Å². The molecule has 1 fully saturated rings. The molecule has 3 aromatic rings. The smallest absolute Gasteiger partial charge is 0.413 e. The number of carboxylic acid groups (broad SMARTS) is 1. The number of imide groups is 1. The second kappa shape index (κ2) is 14.3. The van der Waals surface area contributed by atoms with Crippen LogP contribution < -0.4 is 10.6 Å². The van der Waals surface area contributed by atoms with Gasteiger partial charge in [0.25, 0.3) is 0 Å². The Balaban J connectivity index is 1.36. The van der Waals surface area contributed by atoms with Gasteiger partial charge in [0, 0.05) is 41.8 Å². The van der Waals surface area contributed by atoms with Crippen LogP contribution in [0, 0.1) is 5.92 Å². The first-order valence-corrected chi connectivity index (χ1v) is 14.8. The molecule has 1 aliphatic carbocycles. The highest BCUT2D eigenvalue weighted by molar-refractivity contribution is 5.96. The maximum Gasteiger partial charge on any atom is 0.413 e. The number of para-hydroxylation sites is 1. The van der Waals surface area contributed by atoms with Crippen molar-refractivity contribution >= 4 is 40.6 Å². The fourth-order valence-electron chi connectivity index (χ4n) is 4.79. The van der Waals surface area contributed by atoms with Crippen LogP contribution in [0.15, 0.2) is 48.7 Å². The van der Waals surface area contributed by atoms with Gasteiger partial charge in [0.1, 0.15) is 11.4 Å². The lowest BCUT2D eigenvalue weighted by Crippen LogP contribution is -2.46. The maximum absolute atomic E-state index is 13.3. The highest BCUT2D eigenvalue weighted by Gasteiger charge is 2.30. The largest absolute Gasteiger partial charge is 0.481 e. The van der Waals surface area contributed by atoms with Crippen LogP contribution in [0.3, 0.4) is 0 Å². The van der Waals surface area contributed by atoms with Gasteiger partial charge < -0.3 is 20.1 Å². The van der Waals surface area contributed by atoms with E-state index < -0.39 is 35.4 Å². The first-order valence-electron chi connectivity index (χ1n) is 14.8. The first-order chi connectivity index (χ1) is 20.5. The van der Waals surface area contributed by atoms with Gasteiger partial charge in [-0.2, -0.15) is 0 Å². The van der Waals surface area contributed by atoms with E-state index in [-0.39, 0.29) is 32.0 Å². The topological polar surface area (TPSA) is 154 Å². The van der Waals surface area contributed by atoms with E-state index in [4.69, 9.17) is 4.74 Å². The van der Waals surface area contributed by atoms with Crippen molar-refractivity contribution in [1.29, 1.82) is 0 Å². The number of aromatic nitrogens is 2. The lowest BCUT2D eigenvalue weighted by molar-refractivity contribution is -0.148. The lowest BCUT2D eigenvalue weighted by Gasteiger charge is -2.25. The van der Waals surface area contributed by atoms with E-state index in [9.17, 15) is 24.3 Å². The molecular formula is C32H41N5O6. The Morgan fingerprint density at radius 3 is 2.56 bits per heavy atom. The van der Waals surface area contributed by atoms with Crippen LogP contribution in [-0.2, 0) is 32.0 Å². The third-order valence-electron chi connectivity index (χ3n) is 7.17. The zero-order valence-electron chi connectivity index (χ0n) is 25.0. The van der Waals surface area contributed by atoms with Crippen molar-refractivity contribution in [3.63, 3.8) is 0 Å². The van der Waals surface area contributed by atoms with Gasteiger partial charge in [-0.1, -0.05) is 24.3 Å². The second-order valence-corrected chi connectivity index (χ2v) is 12.0. The summed E-state index contributed by atoms with van der Waals surface area (Å²) in [6.07, 6.45) is 4.90. The number of benzene rings is 1. The number of nitrogens with one attached hydrogen (secondary N) is 3. The number of carbonyl (C=O) groups is 4. The molecule has 4 N–H and O–H groups in total. The van der Waals surface area contributed by atoms with Crippen LogP contribution in [0.5, 0.6) is 0 Å². The quantitative estimate of drug-likeness (QED) is 0.211. The van der Waals surface area contributed by atoms with Crippen molar-refractivity contribution in [1.82, 2.24) is 20.2 Å². The molecular weight excluding hydrogens is 550 g/mol. The molecule has 1 aromatic carbocycles. The van der Waals surface area contributed by atoms with Gasteiger partial charge in [0.2, 0.25) is 11.8 Å². The predicted octanol–water partition coefficient (Wildman–Crippen LogP) is 4.67. The van der Waals surface area contributed by atoms with Gasteiger partial charge in [-0.3, -0.25) is 24.6 Å². The molecule has 43 heavy (non-hydrogen) atoms. The number of amides is 3. The Kier molecular flexibility index (Phi) is 10.5. The normalized spacial score (nSPS) is 13.8. The van der Waals surface area contributed by atoms with E-state index in [0.717, 1.165) is 34.2 Å². The fraction of sp³-hybridized carbons (Fsp3) is 0.469. The summed E-state index contributed by atoms with van der Waals surface area (Å²) in [6.45, 7) is 5.12. The molecule has 2 aromatic heterocycles. The van der Waals surface area contributed by atoms with E-state index in [2.05, 4.69) is 20.6 Å². The molecule has 1 atom stereocenters. The van der Waals surface area contributed by atoms with Gasteiger partial charge in [-0.05, 0) is 83.1 Å². The standard InChI is InChI=1S/C32H41N5O6/c1-32(2,3)43-31(42)36-27-12-6-8-24(35-27)9-7-13-28(38)37(29(39)19-33-23-16-17-23)20-22(30(40)41)15-14-21-18-34-26-11-5-4-10-25(21)26/h4-6,8,10-12,18,22-23,33-34H,7,9,13-17,19-20H2,1-3H3,(H,40,41)(H,35,36,42)/t22-/m1/s1.